The van der Waals surface area contributed by atoms with Crippen LogP contribution in [0.25, 0.3) is 21.9 Å². The number of fused-ring (bicyclic) bond motifs is 2. The number of anilines is 2. The summed E-state index contributed by atoms with van der Waals surface area (Å²) < 4.78 is 6.81. The van der Waals surface area contributed by atoms with Gasteiger partial charge in [-0.05, 0) is 36.4 Å². The van der Waals surface area contributed by atoms with Gasteiger partial charge in [-0.2, -0.15) is 10.2 Å². The first-order valence-corrected chi connectivity index (χ1v) is 9.21. The average molecular weight is 399 g/mol. The molecule has 5 rings (SSSR count). The molecule has 0 saturated heterocycles. The molecule has 0 aliphatic carbocycles. The minimum atomic E-state index is -0.190. The van der Waals surface area contributed by atoms with Crippen molar-refractivity contribution in [1.82, 2.24) is 29.9 Å². The molecule has 5 aromatic rings. The van der Waals surface area contributed by atoms with Gasteiger partial charge in [-0.15, -0.1) is 0 Å². The van der Waals surface area contributed by atoms with Crippen LogP contribution in [0.2, 0.25) is 0 Å². The normalized spacial score (nSPS) is 11.1. The molecule has 0 spiro atoms. The second-order valence-electron chi connectivity index (χ2n) is 6.72. The maximum atomic E-state index is 13.0. The molecule has 4 heterocycles. The Hall–Kier alpha value is -4.27. The standard InChI is InChI=1S/C21H17N7O2/c1-28-16-11-13(24-21-19-15(25-26-21)4-3-8-23-19)5-6-14(16)18(27-28)20(29)12-7-9-22-17(10-12)30-2/h3-11H,1-2H3,(H2,24,25,26). The summed E-state index contributed by atoms with van der Waals surface area (Å²) in [6.45, 7) is 0. The van der Waals surface area contributed by atoms with Crippen LogP contribution in [-0.4, -0.2) is 42.8 Å². The zero-order chi connectivity index (χ0) is 20.7. The zero-order valence-electron chi connectivity index (χ0n) is 16.2. The van der Waals surface area contributed by atoms with E-state index in [0.29, 0.717) is 23.0 Å². The summed E-state index contributed by atoms with van der Waals surface area (Å²) in [4.78, 5) is 21.4. The molecule has 30 heavy (non-hydrogen) atoms. The second kappa shape index (κ2) is 6.96. The lowest BCUT2D eigenvalue weighted by Crippen LogP contribution is -2.04. The van der Waals surface area contributed by atoms with Crippen LogP contribution in [-0.2, 0) is 7.05 Å². The smallest absolute Gasteiger partial charge is 0.214 e. The van der Waals surface area contributed by atoms with Crippen molar-refractivity contribution >= 4 is 39.2 Å². The van der Waals surface area contributed by atoms with Crippen molar-refractivity contribution in [2.75, 3.05) is 12.4 Å². The first-order valence-electron chi connectivity index (χ1n) is 9.21. The van der Waals surface area contributed by atoms with Gasteiger partial charge in [-0.25, -0.2) is 4.98 Å². The van der Waals surface area contributed by atoms with Crippen LogP contribution in [0.3, 0.4) is 0 Å². The molecule has 0 bridgehead atoms. The van der Waals surface area contributed by atoms with E-state index in [1.165, 1.54) is 7.11 Å². The molecule has 0 atom stereocenters. The average Bonchev–Trinajstić information content (AvgIpc) is 3.34. The summed E-state index contributed by atoms with van der Waals surface area (Å²) in [6, 6.07) is 12.7. The minimum Gasteiger partial charge on any atom is -0.481 e. The highest BCUT2D eigenvalue weighted by Crippen LogP contribution is 2.27. The first-order chi connectivity index (χ1) is 14.6. The van der Waals surface area contributed by atoms with Gasteiger partial charge in [0.1, 0.15) is 11.2 Å². The molecule has 0 radical (unpaired) electrons. The highest BCUT2D eigenvalue weighted by molar-refractivity contribution is 6.15. The van der Waals surface area contributed by atoms with E-state index in [1.54, 1.807) is 29.2 Å². The van der Waals surface area contributed by atoms with Gasteiger partial charge in [-0.1, -0.05) is 0 Å². The molecule has 0 fully saturated rings. The van der Waals surface area contributed by atoms with Gasteiger partial charge >= 0.3 is 0 Å². The van der Waals surface area contributed by atoms with Crippen LogP contribution in [0, 0.1) is 0 Å². The van der Waals surface area contributed by atoms with E-state index < -0.39 is 0 Å². The maximum Gasteiger partial charge on any atom is 0.214 e. The number of nitrogens with zero attached hydrogens (tertiary/aromatic N) is 5. The summed E-state index contributed by atoms with van der Waals surface area (Å²) in [7, 11) is 3.32. The number of ether oxygens (including phenoxy) is 1. The number of rotatable bonds is 5. The van der Waals surface area contributed by atoms with Crippen LogP contribution in [0.15, 0.2) is 54.9 Å². The molecule has 0 saturated carbocycles. The number of hydrogen-bond acceptors (Lipinski definition) is 7. The van der Waals surface area contributed by atoms with Crippen molar-refractivity contribution in [2.45, 2.75) is 0 Å². The van der Waals surface area contributed by atoms with E-state index >= 15 is 0 Å². The van der Waals surface area contributed by atoms with Crippen LogP contribution < -0.4 is 10.1 Å². The Balaban J connectivity index is 1.52. The molecule has 0 amide bonds. The molecule has 0 aliphatic heterocycles. The van der Waals surface area contributed by atoms with E-state index in [4.69, 9.17) is 4.74 Å². The van der Waals surface area contributed by atoms with Gasteiger partial charge in [0.25, 0.3) is 0 Å². The number of ketones is 1. The van der Waals surface area contributed by atoms with Crippen molar-refractivity contribution in [1.29, 1.82) is 0 Å². The number of aromatic amines is 1. The summed E-state index contributed by atoms with van der Waals surface area (Å²) >= 11 is 0. The van der Waals surface area contributed by atoms with Gasteiger partial charge in [0.05, 0.1) is 18.1 Å². The van der Waals surface area contributed by atoms with Crippen LogP contribution in [0.5, 0.6) is 5.88 Å². The quantitative estimate of drug-likeness (QED) is 0.437. The minimum absolute atomic E-state index is 0.190. The lowest BCUT2D eigenvalue weighted by molar-refractivity contribution is 0.103. The number of aromatic nitrogens is 6. The highest BCUT2D eigenvalue weighted by atomic mass is 16.5. The molecule has 4 aromatic heterocycles. The van der Waals surface area contributed by atoms with Crippen LogP contribution >= 0.6 is 0 Å². The second-order valence-corrected chi connectivity index (χ2v) is 6.72. The highest BCUT2D eigenvalue weighted by Gasteiger charge is 2.19. The van der Waals surface area contributed by atoms with Gasteiger partial charge in [-0.3, -0.25) is 19.6 Å². The molecule has 2 N–H and O–H groups in total. The molecule has 9 nitrogen and oxygen atoms in total. The van der Waals surface area contributed by atoms with Crippen LogP contribution in [0.4, 0.5) is 11.5 Å². The van der Waals surface area contributed by atoms with Gasteiger partial charge in [0, 0.05) is 42.1 Å². The summed E-state index contributed by atoms with van der Waals surface area (Å²) in [5.41, 5.74) is 4.08. The first kappa shape index (κ1) is 17.8. The van der Waals surface area contributed by atoms with Crippen molar-refractivity contribution in [3.63, 3.8) is 0 Å². The number of nitrogens with one attached hydrogen (secondary N) is 2. The SMILES string of the molecule is COc1cc(C(=O)c2nn(C)c3cc(Nc4n[nH]c5cccnc45)ccc23)ccn1. The number of aryl methyl sites for hydroxylation is 1. The number of carbonyl (C=O) groups is 1. The fourth-order valence-corrected chi connectivity index (χ4v) is 3.38. The molecule has 0 aliphatic rings. The van der Waals surface area contributed by atoms with Gasteiger partial charge in [0.15, 0.2) is 5.82 Å². The third-order valence-corrected chi connectivity index (χ3v) is 4.86. The van der Waals surface area contributed by atoms with Crippen molar-refractivity contribution < 1.29 is 9.53 Å². The van der Waals surface area contributed by atoms with Gasteiger partial charge < -0.3 is 10.1 Å². The number of methoxy groups -OCH3 is 1. The topological polar surface area (TPSA) is 111 Å². The fourth-order valence-electron chi connectivity index (χ4n) is 3.38. The Morgan fingerprint density at radius 2 is 2.03 bits per heavy atom. The molecule has 1 aromatic carbocycles. The summed E-state index contributed by atoms with van der Waals surface area (Å²) in [5, 5.41) is 15.7. The van der Waals surface area contributed by atoms with E-state index in [-0.39, 0.29) is 5.78 Å². The summed E-state index contributed by atoms with van der Waals surface area (Å²) in [6.07, 6.45) is 3.26. The fraction of sp³-hybridized carbons (Fsp3) is 0.0952. The Labute approximate surface area is 170 Å². The monoisotopic (exact) mass is 399 g/mol. The molecule has 148 valence electrons. The zero-order valence-corrected chi connectivity index (χ0v) is 16.2. The maximum absolute atomic E-state index is 13.0. The van der Waals surface area contributed by atoms with E-state index in [9.17, 15) is 4.79 Å². The third-order valence-electron chi connectivity index (χ3n) is 4.86. The van der Waals surface area contributed by atoms with Gasteiger partial charge in [0.2, 0.25) is 11.7 Å². The Morgan fingerprint density at radius 3 is 2.90 bits per heavy atom. The van der Waals surface area contributed by atoms with Crippen molar-refractivity contribution in [2.24, 2.45) is 7.05 Å². The number of hydrogen-bond donors (Lipinski definition) is 2. The van der Waals surface area contributed by atoms with Crippen molar-refractivity contribution in [3.05, 3.63) is 66.1 Å². The lowest BCUT2D eigenvalue weighted by atomic mass is 10.1. The number of pyridine rings is 2. The van der Waals surface area contributed by atoms with E-state index in [2.05, 4.69) is 30.6 Å². The summed E-state index contributed by atoms with van der Waals surface area (Å²) in [5.74, 6) is 0.823. The predicted octanol–water partition coefficient (Wildman–Crippen LogP) is 3.22. The number of carbonyl (C=O) groups excluding carboxylic acids is 1. The number of H-pyrrole nitrogens is 1. The van der Waals surface area contributed by atoms with Crippen LogP contribution in [0.1, 0.15) is 16.1 Å². The Bertz CT molecular complexity index is 1400. The third kappa shape index (κ3) is 2.93. The number of benzene rings is 1. The largest absolute Gasteiger partial charge is 0.481 e. The van der Waals surface area contributed by atoms with E-state index in [1.807, 2.05) is 37.4 Å². The molecular formula is C21H17N7O2. The van der Waals surface area contributed by atoms with E-state index in [0.717, 1.165) is 27.6 Å². The lowest BCUT2D eigenvalue weighted by Gasteiger charge is -2.04. The Kier molecular flexibility index (Phi) is 4.13. The molecule has 0 unspecified atom stereocenters. The Morgan fingerprint density at radius 1 is 1.13 bits per heavy atom. The molecular weight excluding hydrogens is 382 g/mol. The van der Waals surface area contributed by atoms with Crippen molar-refractivity contribution in [3.8, 4) is 5.88 Å². The predicted molar refractivity (Wildman–Crippen MR) is 112 cm³/mol. The molecule has 9 heteroatoms.